The summed E-state index contributed by atoms with van der Waals surface area (Å²) in [5, 5.41) is 0. The van der Waals surface area contributed by atoms with Gasteiger partial charge in [0.2, 0.25) is 0 Å². The minimum atomic E-state index is -1.68. The molecule has 0 aliphatic heterocycles. The number of rotatable bonds is 7. The van der Waals surface area contributed by atoms with Gasteiger partial charge in [-0.15, -0.1) is 0 Å². The van der Waals surface area contributed by atoms with Crippen LogP contribution in [0, 0.1) is 0 Å². The lowest BCUT2D eigenvalue weighted by Gasteiger charge is -2.38. The molecule has 0 aromatic rings. The smallest absolute Gasteiger partial charge is 0.161 e. The molecule has 0 nitrogen and oxygen atoms in total. The van der Waals surface area contributed by atoms with E-state index in [1.54, 1.807) is 0 Å². The van der Waals surface area contributed by atoms with Crippen LogP contribution in [0.5, 0.6) is 0 Å². The lowest BCUT2D eigenvalue weighted by atomic mass is 10.5. The molecule has 0 saturated heterocycles. The van der Waals surface area contributed by atoms with E-state index >= 15 is 0 Å². The zero-order valence-corrected chi connectivity index (χ0v) is 17.0. The molecule has 0 aromatic carbocycles. The van der Waals surface area contributed by atoms with E-state index in [2.05, 4.69) is 55.4 Å². The molecule has 0 spiro atoms. The SMILES string of the molecule is CC(C)[Si](Cl)(CC[Si](Cl)(C(C)C)C(C)C)C(C)C. The van der Waals surface area contributed by atoms with Gasteiger partial charge in [-0.3, -0.25) is 0 Å². The van der Waals surface area contributed by atoms with Crippen molar-refractivity contribution < 1.29 is 0 Å². The predicted octanol–water partition coefficient (Wildman–Crippen LogP) is 7.00. The summed E-state index contributed by atoms with van der Waals surface area (Å²) in [7, 11) is -3.37. The molecule has 0 unspecified atom stereocenters. The zero-order chi connectivity index (χ0) is 14.7. The van der Waals surface area contributed by atoms with Crippen LogP contribution in [0.15, 0.2) is 0 Å². The third-order valence-electron chi connectivity index (χ3n) is 4.73. The maximum absolute atomic E-state index is 7.03. The van der Waals surface area contributed by atoms with Crippen molar-refractivity contribution in [2.75, 3.05) is 0 Å². The van der Waals surface area contributed by atoms with Gasteiger partial charge in [-0.25, -0.2) is 0 Å². The van der Waals surface area contributed by atoms with Gasteiger partial charge in [0.25, 0.3) is 0 Å². The van der Waals surface area contributed by atoms with Gasteiger partial charge in [-0.05, 0) is 34.3 Å². The van der Waals surface area contributed by atoms with Crippen molar-refractivity contribution in [2.24, 2.45) is 0 Å². The average molecular weight is 327 g/mol. The van der Waals surface area contributed by atoms with E-state index in [0.717, 1.165) is 0 Å². The molecule has 0 aliphatic rings. The van der Waals surface area contributed by atoms with E-state index in [9.17, 15) is 0 Å². The first-order chi connectivity index (χ1) is 7.98. The molecule has 18 heavy (non-hydrogen) atoms. The van der Waals surface area contributed by atoms with Gasteiger partial charge in [-0.2, -0.15) is 22.2 Å². The summed E-state index contributed by atoms with van der Waals surface area (Å²) in [6.07, 6.45) is 0. The van der Waals surface area contributed by atoms with Crippen LogP contribution in [0.4, 0.5) is 0 Å². The summed E-state index contributed by atoms with van der Waals surface area (Å²) in [4.78, 5) is 0. The lowest BCUT2D eigenvalue weighted by Crippen LogP contribution is -2.41. The molecule has 0 aromatic heterocycles. The van der Waals surface area contributed by atoms with Crippen LogP contribution in [0.25, 0.3) is 0 Å². The van der Waals surface area contributed by atoms with E-state index in [4.69, 9.17) is 22.2 Å². The summed E-state index contributed by atoms with van der Waals surface area (Å²) in [5.74, 6) is 0. The van der Waals surface area contributed by atoms with Crippen LogP contribution >= 0.6 is 22.2 Å². The summed E-state index contributed by atoms with van der Waals surface area (Å²) >= 11 is 14.1. The van der Waals surface area contributed by atoms with Crippen molar-refractivity contribution in [1.29, 1.82) is 0 Å². The molecule has 0 saturated carbocycles. The third kappa shape index (κ3) is 4.26. The fourth-order valence-electron chi connectivity index (χ4n) is 2.87. The first-order valence-corrected chi connectivity index (χ1v) is 14.1. The number of hydrogen-bond donors (Lipinski definition) is 0. The Kier molecular flexibility index (Phi) is 7.55. The number of hydrogen-bond acceptors (Lipinski definition) is 0. The Morgan fingerprint density at radius 1 is 0.556 bits per heavy atom. The Hall–Kier alpha value is 1.01. The van der Waals surface area contributed by atoms with Crippen molar-refractivity contribution >= 4 is 36.9 Å². The molecule has 4 heteroatoms. The van der Waals surface area contributed by atoms with Gasteiger partial charge in [0, 0.05) is 0 Å². The maximum atomic E-state index is 7.03. The van der Waals surface area contributed by atoms with E-state index in [1.807, 2.05) is 0 Å². The summed E-state index contributed by atoms with van der Waals surface area (Å²) < 4.78 is 0. The lowest BCUT2D eigenvalue weighted by molar-refractivity contribution is 0.881. The van der Waals surface area contributed by atoms with Gasteiger partial charge in [0.15, 0.2) is 14.8 Å². The van der Waals surface area contributed by atoms with E-state index in [-0.39, 0.29) is 0 Å². The molecule has 0 heterocycles. The van der Waals surface area contributed by atoms with Gasteiger partial charge in [0.05, 0.1) is 0 Å². The zero-order valence-electron chi connectivity index (χ0n) is 13.5. The van der Waals surface area contributed by atoms with Crippen LogP contribution in [-0.2, 0) is 0 Å². The minimum Gasteiger partial charge on any atom is -0.166 e. The van der Waals surface area contributed by atoms with Crippen molar-refractivity contribution in [1.82, 2.24) is 0 Å². The van der Waals surface area contributed by atoms with Crippen LogP contribution < -0.4 is 0 Å². The van der Waals surface area contributed by atoms with Crippen LogP contribution in [0.3, 0.4) is 0 Å². The molecule has 0 rings (SSSR count). The van der Waals surface area contributed by atoms with Crippen LogP contribution in [0.1, 0.15) is 55.4 Å². The van der Waals surface area contributed by atoms with E-state index < -0.39 is 14.8 Å². The molecular weight excluding hydrogens is 295 g/mol. The highest BCUT2D eigenvalue weighted by Crippen LogP contribution is 2.46. The Bertz CT molecular complexity index is 208. The monoisotopic (exact) mass is 326 g/mol. The molecule has 0 radical (unpaired) electrons. The Morgan fingerprint density at radius 2 is 0.722 bits per heavy atom. The highest BCUT2D eigenvalue weighted by Gasteiger charge is 2.44. The average Bonchev–Trinajstić information content (AvgIpc) is 2.23. The summed E-state index contributed by atoms with van der Waals surface area (Å²) in [6, 6.07) is 2.38. The second-order valence-corrected chi connectivity index (χ2v) is 20.5. The van der Waals surface area contributed by atoms with Crippen molar-refractivity contribution in [3.05, 3.63) is 0 Å². The maximum Gasteiger partial charge on any atom is 0.161 e. The number of halogens is 2. The topological polar surface area (TPSA) is 0 Å². The van der Waals surface area contributed by atoms with Gasteiger partial charge in [-0.1, -0.05) is 55.4 Å². The Balaban J connectivity index is 4.90. The normalized spacial score (nSPS) is 14.3. The molecule has 0 amide bonds. The fourth-order valence-corrected chi connectivity index (χ4v) is 12.6. The first-order valence-electron chi connectivity index (χ1n) is 7.36. The summed E-state index contributed by atoms with van der Waals surface area (Å²) in [5.41, 5.74) is 2.53. The van der Waals surface area contributed by atoms with E-state index in [1.165, 1.54) is 12.1 Å². The molecule has 0 bridgehead atoms. The van der Waals surface area contributed by atoms with Crippen LogP contribution in [0.2, 0.25) is 34.3 Å². The van der Waals surface area contributed by atoms with Crippen molar-refractivity contribution in [3.8, 4) is 0 Å². The quantitative estimate of drug-likeness (QED) is 0.349. The van der Waals surface area contributed by atoms with Crippen molar-refractivity contribution in [2.45, 2.75) is 89.6 Å². The van der Waals surface area contributed by atoms with E-state index in [0.29, 0.717) is 22.2 Å². The van der Waals surface area contributed by atoms with Crippen molar-refractivity contribution in [3.63, 3.8) is 0 Å². The molecule has 0 atom stereocenters. The van der Waals surface area contributed by atoms with Crippen LogP contribution in [-0.4, -0.2) is 14.8 Å². The fraction of sp³-hybridized carbons (Fsp3) is 1.00. The predicted molar refractivity (Wildman–Crippen MR) is 93.2 cm³/mol. The van der Waals surface area contributed by atoms with Gasteiger partial charge >= 0.3 is 0 Å². The largest absolute Gasteiger partial charge is 0.166 e. The summed E-state index contributed by atoms with van der Waals surface area (Å²) in [6.45, 7) is 18.3. The molecule has 110 valence electrons. The third-order valence-corrected chi connectivity index (χ3v) is 21.3. The highest BCUT2D eigenvalue weighted by atomic mass is 35.6. The Labute approximate surface area is 126 Å². The second kappa shape index (κ2) is 7.15. The highest BCUT2D eigenvalue weighted by molar-refractivity contribution is 7.25. The minimum absolute atomic E-state index is 0.633. The Morgan fingerprint density at radius 3 is 0.833 bits per heavy atom. The van der Waals surface area contributed by atoms with Gasteiger partial charge in [0.1, 0.15) is 0 Å². The molecule has 0 N–H and O–H groups in total. The molecule has 0 fully saturated rings. The second-order valence-electron chi connectivity index (χ2n) is 6.97. The molecular formula is C14H32Cl2Si2. The molecule has 0 aliphatic carbocycles. The van der Waals surface area contributed by atoms with Gasteiger partial charge < -0.3 is 0 Å². The standard InChI is InChI=1S/C14H32Cl2Si2/c1-11(2)17(15,12(3)4)9-10-18(16,13(5)6)14(7)8/h11-14H,9-10H2,1-8H3. The first kappa shape index (κ1) is 19.0.